The predicted molar refractivity (Wildman–Crippen MR) is 44.1 cm³/mol. The molecule has 0 N–H and O–H groups in total. The third-order valence-corrected chi connectivity index (χ3v) is 2.28. The van der Waals surface area contributed by atoms with Gasteiger partial charge in [-0.1, -0.05) is 29.8 Å². The molecule has 0 amide bonds. The molecule has 14 heavy (non-hydrogen) atoms. The maximum Gasteiger partial charge on any atom is 1.00 e. The van der Waals surface area contributed by atoms with Crippen LogP contribution in [0.25, 0.3) is 0 Å². The van der Waals surface area contributed by atoms with E-state index < -0.39 is 18.2 Å². The monoisotopic (exact) mass is 236 g/mol. The Bertz CT molecular complexity index is 356. The van der Waals surface area contributed by atoms with Gasteiger partial charge < -0.3 is 14.6 Å². The van der Waals surface area contributed by atoms with E-state index in [9.17, 15) is 9.90 Å². The average molecular weight is 237 g/mol. The van der Waals surface area contributed by atoms with Crippen molar-refractivity contribution < 1.29 is 66.0 Å². The normalized spacial score (nSPS) is 23.8. The number of halogens is 1. The number of hydrogen-bond acceptors (Lipinski definition) is 3. The number of rotatable bonds is 2. The molecule has 0 spiro atoms. The van der Waals surface area contributed by atoms with Crippen LogP contribution >= 0.6 is 11.6 Å². The standard InChI is InChI=1S/C9H7ClO3.K/c10-6-4-2-1-3-5(6)7-8(13-7)9(11)12;/h1-4,7-8H,(H,11,12);/q;+1/p-1. The Morgan fingerprint density at radius 2 is 2.07 bits per heavy atom. The zero-order chi connectivity index (χ0) is 9.42. The topological polar surface area (TPSA) is 52.7 Å². The van der Waals surface area contributed by atoms with Gasteiger partial charge in [0.1, 0.15) is 12.2 Å². The van der Waals surface area contributed by atoms with Gasteiger partial charge in [0.05, 0.1) is 5.97 Å². The Hall–Kier alpha value is 0.576. The Morgan fingerprint density at radius 1 is 1.43 bits per heavy atom. The second-order valence-corrected chi connectivity index (χ2v) is 3.23. The van der Waals surface area contributed by atoms with Crippen LogP contribution in [0.2, 0.25) is 5.02 Å². The predicted octanol–water partition coefficient (Wildman–Crippen LogP) is -2.47. The molecule has 1 aromatic rings. The Morgan fingerprint density at radius 3 is 2.57 bits per heavy atom. The number of hydrogen-bond donors (Lipinski definition) is 0. The largest absolute Gasteiger partial charge is 1.00 e. The van der Waals surface area contributed by atoms with E-state index in [2.05, 4.69) is 0 Å². The van der Waals surface area contributed by atoms with Crippen molar-refractivity contribution in [2.24, 2.45) is 0 Å². The molecule has 1 heterocycles. The van der Waals surface area contributed by atoms with Crippen molar-refractivity contribution in [1.82, 2.24) is 0 Å². The Balaban J connectivity index is 0.000000980. The van der Waals surface area contributed by atoms with Gasteiger partial charge in [-0.05, 0) is 6.07 Å². The summed E-state index contributed by atoms with van der Waals surface area (Å²) >= 11 is 5.84. The summed E-state index contributed by atoms with van der Waals surface area (Å²) in [5, 5.41) is 10.9. The van der Waals surface area contributed by atoms with Gasteiger partial charge in [0.25, 0.3) is 0 Å². The molecule has 0 saturated carbocycles. The molecule has 2 rings (SSSR count). The van der Waals surface area contributed by atoms with E-state index in [1.165, 1.54) is 0 Å². The minimum Gasteiger partial charge on any atom is -0.547 e. The van der Waals surface area contributed by atoms with Crippen LogP contribution in [0.1, 0.15) is 11.7 Å². The second kappa shape index (κ2) is 5.07. The molecule has 0 aliphatic carbocycles. The van der Waals surface area contributed by atoms with Crippen molar-refractivity contribution in [3.8, 4) is 0 Å². The molecule has 1 saturated heterocycles. The van der Waals surface area contributed by atoms with Crippen LogP contribution in [0.5, 0.6) is 0 Å². The summed E-state index contributed by atoms with van der Waals surface area (Å²) in [5.41, 5.74) is 0.707. The smallest absolute Gasteiger partial charge is 0.547 e. The van der Waals surface area contributed by atoms with Gasteiger partial charge in [0.2, 0.25) is 0 Å². The summed E-state index contributed by atoms with van der Waals surface area (Å²) in [6.07, 6.45) is -1.27. The van der Waals surface area contributed by atoms with Gasteiger partial charge in [-0.25, -0.2) is 0 Å². The Labute approximate surface area is 129 Å². The van der Waals surface area contributed by atoms with Crippen molar-refractivity contribution in [2.75, 3.05) is 0 Å². The third-order valence-electron chi connectivity index (χ3n) is 1.94. The minimum absolute atomic E-state index is 0. The molecule has 1 aliphatic rings. The SMILES string of the molecule is O=C([O-])C1OC1c1ccccc1Cl.[K+]. The van der Waals surface area contributed by atoms with Crippen LogP contribution in [0, 0.1) is 0 Å². The fraction of sp³-hybridized carbons (Fsp3) is 0.222. The van der Waals surface area contributed by atoms with Crippen LogP contribution in [0.3, 0.4) is 0 Å². The van der Waals surface area contributed by atoms with E-state index >= 15 is 0 Å². The fourth-order valence-corrected chi connectivity index (χ4v) is 1.48. The molecule has 1 aliphatic heterocycles. The van der Waals surface area contributed by atoms with E-state index in [-0.39, 0.29) is 51.4 Å². The summed E-state index contributed by atoms with van der Waals surface area (Å²) in [6, 6.07) is 7.01. The first-order valence-electron chi connectivity index (χ1n) is 3.81. The summed E-state index contributed by atoms with van der Waals surface area (Å²) in [5.74, 6) is -1.19. The minimum atomic E-state index is -1.19. The quantitative estimate of drug-likeness (QED) is 0.423. The number of carboxylic acids is 1. The van der Waals surface area contributed by atoms with Crippen LogP contribution in [0.4, 0.5) is 0 Å². The molecular weight excluding hydrogens is 231 g/mol. The first-order chi connectivity index (χ1) is 6.20. The number of carbonyl (C=O) groups excluding carboxylic acids is 1. The van der Waals surface area contributed by atoms with Crippen LogP contribution in [0.15, 0.2) is 24.3 Å². The van der Waals surface area contributed by atoms with E-state index in [1.807, 2.05) is 0 Å². The van der Waals surface area contributed by atoms with Gasteiger partial charge in [-0.2, -0.15) is 0 Å². The molecule has 0 bridgehead atoms. The van der Waals surface area contributed by atoms with E-state index in [1.54, 1.807) is 24.3 Å². The van der Waals surface area contributed by atoms with Gasteiger partial charge >= 0.3 is 51.4 Å². The van der Waals surface area contributed by atoms with Gasteiger partial charge in [0, 0.05) is 10.6 Å². The molecule has 1 aromatic carbocycles. The molecule has 1 fully saturated rings. The van der Waals surface area contributed by atoms with Crippen molar-refractivity contribution >= 4 is 17.6 Å². The van der Waals surface area contributed by atoms with Crippen molar-refractivity contribution in [2.45, 2.75) is 12.2 Å². The van der Waals surface area contributed by atoms with Gasteiger partial charge in [0.15, 0.2) is 0 Å². The van der Waals surface area contributed by atoms with Crippen molar-refractivity contribution in [3.05, 3.63) is 34.9 Å². The zero-order valence-corrected chi connectivity index (χ0v) is 11.4. The molecular formula is C9H6ClKO3. The van der Waals surface area contributed by atoms with E-state index in [0.29, 0.717) is 10.6 Å². The molecule has 3 nitrogen and oxygen atoms in total. The summed E-state index contributed by atoms with van der Waals surface area (Å²) < 4.78 is 4.90. The Kier molecular flexibility index (Phi) is 4.58. The average Bonchev–Trinajstić information content (AvgIpc) is 2.84. The number of benzene rings is 1. The van der Waals surface area contributed by atoms with E-state index in [4.69, 9.17) is 16.3 Å². The number of ether oxygens (including phenoxy) is 1. The molecule has 2 unspecified atom stereocenters. The summed E-state index contributed by atoms with van der Waals surface area (Å²) in [6.45, 7) is 0. The maximum absolute atomic E-state index is 10.4. The second-order valence-electron chi connectivity index (χ2n) is 2.82. The molecule has 68 valence electrons. The molecule has 0 radical (unpaired) electrons. The number of carbonyl (C=O) groups is 1. The first-order valence-corrected chi connectivity index (χ1v) is 4.18. The zero-order valence-electron chi connectivity index (χ0n) is 7.57. The number of aliphatic carboxylic acids is 1. The van der Waals surface area contributed by atoms with Crippen LogP contribution < -0.4 is 56.5 Å². The van der Waals surface area contributed by atoms with Gasteiger partial charge in [-0.15, -0.1) is 0 Å². The molecule has 0 aromatic heterocycles. The van der Waals surface area contributed by atoms with Gasteiger partial charge in [-0.3, -0.25) is 0 Å². The number of epoxide rings is 1. The summed E-state index contributed by atoms with van der Waals surface area (Å²) in [7, 11) is 0. The van der Waals surface area contributed by atoms with E-state index in [0.717, 1.165) is 0 Å². The van der Waals surface area contributed by atoms with Crippen molar-refractivity contribution in [1.29, 1.82) is 0 Å². The molecule has 2 atom stereocenters. The molecule has 5 heteroatoms. The summed E-state index contributed by atoms with van der Waals surface area (Å²) in [4.78, 5) is 10.4. The van der Waals surface area contributed by atoms with Crippen LogP contribution in [-0.2, 0) is 9.53 Å². The first kappa shape index (κ1) is 12.6. The number of carboxylic acid groups (broad SMARTS) is 1. The fourth-order valence-electron chi connectivity index (χ4n) is 1.23. The van der Waals surface area contributed by atoms with Crippen LogP contribution in [-0.4, -0.2) is 12.1 Å². The van der Waals surface area contributed by atoms with Crippen molar-refractivity contribution in [3.63, 3.8) is 0 Å². The maximum atomic E-state index is 10.4. The third kappa shape index (κ3) is 2.58.